The molecule has 1 aromatic rings. The van der Waals surface area contributed by atoms with Crippen LogP contribution in [0.4, 0.5) is 26.3 Å². The van der Waals surface area contributed by atoms with E-state index in [9.17, 15) is 31.1 Å². The summed E-state index contributed by atoms with van der Waals surface area (Å²) in [5.41, 5.74) is -4.43. The summed E-state index contributed by atoms with van der Waals surface area (Å²) in [6.45, 7) is 0. The normalized spacial score (nSPS) is 12.6. The van der Waals surface area contributed by atoms with Crippen LogP contribution in [0, 0.1) is 0 Å². The molecule has 0 unspecified atom stereocenters. The summed E-state index contributed by atoms with van der Waals surface area (Å²) in [5, 5.41) is 0. The number of hydrogen-bond acceptors (Lipinski definition) is 1. The van der Waals surface area contributed by atoms with E-state index >= 15 is 0 Å². The fourth-order valence-corrected chi connectivity index (χ4v) is 1.77. The molecule has 0 N–H and O–H groups in total. The molecule has 0 atom stereocenters. The van der Waals surface area contributed by atoms with Gasteiger partial charge in [-0.3, -0.25) is 4.79 Å². The Hall–Kier alpha value is -0.800. The van der Waals surface area contributed by atoms with E-state index < -0.39 is 39.3 Å². The zero-order valence-electron chi connectivity index (χ0n) is 8.49. The maximum Gasteiger partial charge on any atom is 0.417 e. The predicted octanol–water partition coefficient (Wildman–Crippen LogP) is 4.34. The van der Waals surface area contributed by atoms with E-state index in [1.165, 1.54) is 22.6 Å². The van der Waals surface area contributed by atoms with Gasteiger partial charge in [0.1, 0.15) is 0 Å². The van der Waals surface area contributed by atoms with Gasteiger partial charge in [-0.05, 0) is 12.1 Å². The lowest BCUT2D eigenvalue weighted by Gasteiger charge is -2.17. The first kappa shape index (κ1) is 15.3. The van der Waals surface area contributed by atoms with Crippen LogP contribution < -0.4 is 0 Å². The summed E-state index contributed by atoms with van der Waals surface area (Å²) in [5.74, 6) is -1.20. The third-order valence-corrected chi connectivity index (χ3v) is 2.77. The third kappa shape index (κ3) is 3.15. The van der Waals surface area contributed by atoms with Crippen molar-refractivity contribution in [2.75, 3.05) is 4.43 Å². The molecule has 18 heavy (non-hydrogen) atoms. The standard InChI is InChI=1S/C10H5F6IO/c11-9(12,13)5-2-1-3-6(10(14,15)16)8(5)7(18)4-17/h1-3H,4H2. The van der Waals surface area contributed by atoms with E-state index in [0.717, 1.165) is 0 Å². The van der Waals surface area contributed by atoms with Crippen molar-refractivity contribution in [3.8, 4) is 0 Å². The largest absolute Gasteiger partial charge is 0.417 e. The second-order valence-electron chi connectivity index (χ2n) is 3.28. The number of carbonyl (C=O) groups excluding carboxylic acids is 1. The Morgan fingerprint density at radius 3 is 1.67 bits per heavy atom. The smallest absolute Gasteiger partial charge is 0.293 e. The van der Waals surface area contributed by atoms with Gasteiger partial charge in [0, 0.05) is 5.56 Å². The topological polar surface area (TPSA) is 17.1 Å². The van der Waals surface area contributed by atoms with Gasteiger partial charge in [-0.15, -0.1) is 0 Å². The Morgan fingerprint density at radius 2 is 1.39 bits per heavy atom. The molecule has 0 aromatic heterocycles. The number of benzene rings is 1. The molecule has 1 aromatic carbocycles. The van der Waals surface area contributed by atoms with Crippen molar-refractivity contribution in [3.63, 3.8) is 0 Å². The van der Waals surface area contributed by atoms with Gasteiger partial charge in [-0.25, -0.2) is 0 Å². The highest BCUT2D eigenvalue weighted by molar-refractivity contribution is 14.1. The maximum absolute atomic E-state index is 12.6. The fraction of sp³-hybridized carbons (Fsp3) is 0.300. The highest BCUT2D eigenvalue weighted by Gasteiger charge is 2.42. The van der Waals surface area contributed by atoms with Crippen molar-refractivity contribution in [2.24, 2.45) is 0 Å². The number of ketones is 1. The second-order valence-corrected chi connectivity index (χ2v) is 4.04. The van der Waals surface area contributed by atoms with Gasteiger partial charge in [0.25, 0.3) is 0 Å². The Bertz CT molecular complexity index is 430. The van der Waals surface area contributed by atoms with E-state index in [1.54, 1.807) is 0 Å². The first-order chi connectivity index (χ1) is 8.09. The van der Waals surface area contributed by atoms with Crippen molar-refractivity contribution < 1.29 is 31.1 Å². The Morgan fingerprint density at radius 1 is 1.00 bits per heavy atom. The zero-order chi connectivity index (χ0) is 14.1. The van der Waals surface area contributed by atoms with Gasteiger partial charge in [-0.1, -0.05) is 28.7 Å². The van der Waals surface area contributed by atoms with Gasteiger partial charge in [0.15, 0.2) is 5.78 Å². The minimum Gasteiger partial charge on any atom is -0.293 e. The summed E-state index contributed by atoms with van der Waals surface area (Å²) in [6, 6.07) is 1.57. The molecule has 0 heterocycles. The summed E-state index contributed by atoms with van der Waals surface area (Å²) in [6.07, 6.45) is -10.0. The number of hydrogen-bond donors (Lipinski definition) is 0. The van der Waals surface area contributed by atoms with Crippen LogP contribution in [0.15, 0.2) is 18.2 Å². The molecule has 100 valence electrons. The minimum atomic E-state index is -5.00. The molecule has 0 aliphatic carbocycles. The molecule has 8 heteroatoms. The molecular weight excluding hydrogens is 377 g/mol. The lowest BCUT2D eigenvalue weighted by molar-refractivity contribution is -0.143. The first-order valence-electron chi connectivity index (χ1n) is 4.45. The summed E-state index contributed by atoms with van der Waals surface area (Å²) >= 11 is 1.42. The summed E-state index contributed by atoms with van der Waals surface area (Å²) in [4.78, 5) is 11.3. The molecule has 0 aliphatic rings. The number of rotatable bonds is 2. The molecule has 1 nitrogen and oxygen atoms in total. The quantitative estimate of drug-likeness (QED) is 0.322. The van der Waals surface area contributed by atoms with Gasteiger partial charge >= 0.3 is 12.4 Å². The zero-order valence-corrected chi connectivity index (χ0v) is 10.7. The van der Waals surface area contributed by atoms with E-state index in [-0.39, 0.29) is 0 Å². The summed E-state index contributed by atoms with van der Waals surface area (Å²) in [7, 11) is 0. The highest BCUT2D eigenvalue weighted by atomic mass is 127. The van der Waals surface area contributed by atoms with E-state index in [0.29, 0.717) is 18.2 Å². The van der Waals surface area contributed by atoms with E-state index in [1.807, 2.05) is 0 Å². The van der Waals surface area contributed by atoms with Crippen LogP contribution in [0.2, 0.25) is 0 Å². The van der Waals surface area contributed by atoms with Crippen LogP contribution in [0.1, 0.15) is 21.5 Å². The molecule has 0 amide bonds. The van der Waals surface area contributed by atoms with Crippen molar-refractivity contribution in [3.05, 3.63) is 34.9 Å². The number of Topliss-reactive ketones (excluding diaryl/α,β-unsaturated/α-hetero) is 1. The molecule has 1 rings (SSSR count). The van der Waals surface area contributed by atoms with Crippen LogP contribution in [0.5, 0.6) is 0 Å². The Balaban J connectivity index is 3.61. The molecule has 0 fully saturated rings. The molecule has 0 saturated carbocycles. The Kier molecular flexibility index (Phi) is 4.29. The molecule has 0 bridgehead atoms. The van der Waals surface area contributed by atoms with Gasteiger partial charge in [0.2, 0.25) is 0 Å². The molecular formula is C10H5F6IO. The molecule has 0 spiro atoms. The average molecular weight is 382 g/mol. The van der Waals surface area contributed by atoms with Crippen LogP contribution in [-0.4, -0.2) is 10.2 Å². The predicted molar refractivity (Wildman–Crippen MR) is 59.7 cm³/mol. The van der Waals surface area contributed by atoms with Crippen molar-refractivity contribution in [1.29, 1.82) is 0 Å². The number of carbonyl (C=O) groups is 1. The van der Waals surface area contributed by atoms with Gasteiger partial charge < -0.3 is 0 Å². The van der Waals surface area contributed by atoms with Crippen LogP contribution >= 0.6 is 22.6 Å². The van der Waals surface area contributed by atoms with Gasteiger partial charge in [0.05, 0.1) is 15.6 Å². The molecule has 0 saturated heterocycles. The number of halogens is 7. The lowest BCUT2D eigenvalue weighted by Crippen LogP contribution is -2.20. The second kappa shape index (κ2) is 5.06. The van der Waals surface area contributed by atoms with Crippen molar-refractivity contribution in [2.45, 2.75) is 12.4 Å². The van der Waals surface area contributed by atoms with Crippen LogP contribution in [0.25, 0.3) is 0 Å². The lowest BCUT2D eigenvalue weighted by atomic mass is 9.97. The van der Waals surface area contributed by atoms with Crippen molar-refractivity contribution in [1.82, 2.24) is 0 Å². The number of alkyl halides is 7. The average Bonchev–Trinajstić information content (AvgIpc) is 2.24. The fourth-order valence-electron chi connectivity index (χ4n) is 1.39. The van der Waals surface area contributed by atoms with Gasteiger partial charge in [-0.2, -0.15) is 26.3 Å². The monoisotopic (exact) mass is 382 g/mol. The van der Waals surface area contributed by atoms with Crippen molar-refractivity contribution >= 4 is 28.4 Å². The SMILES string of the molecule is O=C(CI)c1c(C(F)(F)F)cccc1C(F)(F)F. The minimum absolute atomic E-state index is 0.464. The third-order valence-electron chi connectivity index (χ3n) is 2.08. The first-order valence-corrected chi connectivity index (χ1v) is 5.98. The highest BCUT2D eigenvalue weighted by Crippen LogP contribution is 2.39. The van der Waals surface area contributed by atoms with E-state index in [2.05, 4.69) is 0 Å². The van der Waals surface area contributed by atoms with E-state index in [4.69, 9.17) is 0 Å². The Labute approximate surface area is 111 Å². The van der Waals surface area contributed by atoms with Crippen LogP contribution in [-0.2, 0) is 12.4 Å². The maximum atomic E-state index is 12.6. The van der Waals surface area contributed by atoms with Crippen LogP contribution in [0.3, 0.4) is 0 Å². The summed E-state index contributed by atoms with van der Waals surface area (Å²) < 4.78 is 75.1. The molecule has 0 radical (unpaired) electrons. The molecule has 0 aliphatic heterocycles.